The van der Waals surface area contributed by atoms with Crippen molar-refractivity contribution >= 4 is 17.8 Å². The van der Waals surface area contributed by atoms with E-state index >= 15 is 0 Å². The molecule has 1 heterocycles. The van der Waals surface area contributed by atoms with Gasteiger partial charge in [-0.15, -0.1) is 0 Å². The highest BCUT2D eigenvalue weighted by Gasteiger charge is 2.26. The van der Waals surface area contributed by atoms with Crippen molar-refractivity contribution < 1.29 is 14.4 Å². The minimum absolute atomic E-state index is 0.211. The fourth-order valence-corrected chi connectivity index (χ4v) is 3.74. The molecule has 25 heavy (non-hydrogen) atoms. The first-order valence-electron chi connectivity index (χ1n) is 9.70. The predicted octanol–water partition coefficient (Wildman–Crippen LogP) is 1.09. The second-order valence-electron chi connectivity index (χ2n) is 7.66. The van der Waals surface area contributed by atoms with Crippen LogP contribution in [0.25, 0.3) is 0 Å². The minimum Gasteiger partial charge on any atom is -0.340 e. The standard InChI is InChI=1S/C18H30N4O3/c23-16(20-18(25)19-15-6-7-15)13-21-8-10-22(11-9-21)17(24)12-14-4-2-1-3-5-14/h14-15H,1-13H2,(H2,19,20,23,25). The molecule has 2 aliphatic carbocycles. The molecule has 0 atom stereocenters. The maximum Gasteiger partial charge on any atom is 0.321 e. The van der Waals surface area contributed by atoms with Crippen molar-refractivity contribution in [1.29, 1.82) is 0 Å². The van der Waals surface area contributed by atoms with Crippen LogP contribution < -0.4 is 10.6 Å². The fourth-order valence-electron chi connectivity index (χ4n) is 3.74. The molecule has 3 aliphatic rings. The van der Waals surface area contributed by atoms with E-state index < -0.39 is 6.03 Å². The van der Waals surface area contributed by atoms with Gasteiger partial charge in [-0.3, -0.25) is 19.8 Å². The van der Waals surface area contributed by atoms with Gasteiger partial charge < -0.3 is 10.2 Å². The van der Waals surface area contributed by atoms with Crippen LogP contribution in [0.2, 0.25) is 0 Å². The summed E-state index contributed by atoms with van der Waals surface area (Å²) in [6.45, 7) is 2.94. The minimum atomic E-state index is -0.395. The number of hydrogen-bond acceptors (Lipinski definition) is 4. The lowest BCUT2D eigenvalue weighted by atomic mass is 9.86. The van der Waals surface area contributed by atoms with Crippen LogP contribution in [-0.2, 0) is 9.59 Å². The number of urea groups is 1. The number of piperazine rings is 1. The Hall–Kier alpha value is -1.63. The highest BCUT2D eigenvalue weighted by atomic mass is 16.2. The van der Waals surface area contributed by atoms with Gasteiger partial charge in [0.1, 0.15) is 0 Å². The molecule has 7 heteroatoms. The van der Waals surface area contributed by atoms with Crippen molar-refractivity contribution in [2.24, 2.45) is 5.92 Å². The van der Waals surface area contributed by atoms with Crippen LogP contribution in [0.5, 0.6) is 0 Å². The molecule has 0 aromatic heterocycles. The monoisotopic (exact) mass is 350 g/mol. The summed E-state index contributed by atoms with van der Waals surface area (Å²) in [5, 5.41) is 5.12. The van der Waals surface area contributed by atoms with Crippen molar-refractivity contribution in [1.82, 2.24) is 20.4 Å². The topological polar surface area (TPSA) is 81.8 Å². The third-order valence-electron chi connectivity index (χ3n) is 5.45. The van der Waals surface area contributed by atoms with Gasteiger partial charge in [0.25, 0.3) is 0 Å². The Morgan fingerprint density at radius 2 is 1.56 bits per heavy atom. The average Bonchev–Trinajstić information content (AvgIpc) is 3.40. The summed E-state index contributed by atoms with van der Waals surface area (Å²) in [7, 11) is 0. The molecule has 7 nitrogen and oxygen atoms in total. The van der Waals surface area contributed by atoms with Crippen LogP contribution in [0, 0.1) is 5.92 Å². The highest BCUT2D eigenvalue weighted by molar-refractivity contribution is 5.95. The zero-order valence-corrected chi connectivity index (χ0v) is 15.0. The lowest BCUT2D eigenvalue weighted by Gasteiger charge is -2.35. The van der Waals surface area contributed by atoms with Gasteiger partial charge in [0.05, 0.1) is 6.54 Å². The number of amides is 4. The molecule has 0 unspecified atom stereocenters. The number of imide groups is 1. The molecule has 0 spiro atoms. The van der Waals surface area contributed by atoms with Crippen molar-refractivity contribution in [2.45, 2.75) is 57.4 Å². The highest BCUT2D eigenvalue weighted by Crippen LogP contribution is 2.27. The smallest absolute Gasteiger partial charge is 0.321 e. The molecule has 1 saturated heterocycles. The molecule has 3 fully saturated rings. The van der Waals surface area contributed by atoms with Gasteiger partial charge in [0.15, 0.2) is 0 Å². The van der Waals surface area contributed by atoms with E-state index in [4.69, 9.17) is 0 Å². The lowest BCUT2D eigenvalue weighted by Crippen LogP contribution is -2.52. The van der Waals surface area contributed by atoms with Gasteiger partial charge in [-0.1, -0.05) is 19.3 Å². The molecule has 140 valence electrons. The van der Waals surface area contributed by atoms with Gasteiger partial charge in [-0.2, -0.15) is 0 Å². The van der Waals surface area contributed by atoms with Gasteiger partial charge in [0, 0.05) is 38.6 Å². The third kappa shape index (κ3) is 5.99. The summed E-state index contributed by atoms with van der Waals surface area (Å²) >= 11 is 0. The summed E-state index contributed by atoms with van der Waals surface area (Å²) in [4.78, 5) is 39.8. The largest absolute Gasteiger partial charge is 0.340 e. The molecule has 1 aliphatic heterocycles. The van der Waals surface area contributed by atoms with Crippen molar-refractivity contribution in [3.63, 3.8) is 0 Å². The quantitative estimate of drug-likeness (QED) is 0.778. The average molecular weight is 350 g/mol. The number of rotatable bonds is 5. The van der Waals surface area contributed by atoms with E-state index in [1.54, 1.807) is 0 Å². The summed E-state index contributed by atoms with van der Waals surface area (Å²) in [6.07, 6.45) is 8.89. The number of hydrogen-bond donors (Lipinski definition) is 2. The molecule has 3 rings (SSSR count). The van der Waals surface area contributed by atoms with E-state index in [0.29, 0.717) is 38.5 Å². The maximum absolute atomic E-state index is 12.4. The third-order valence-corrected chi connectivity index (χ3v) is 5.45. The molecule has 0 bridgehead atoms. The zero-order valence-electron chi connectivity index (χ0n) is 15.0. The van der Waals surface area contributed by atoms with Gasteiger partial charge in [-0.05, 0) is 31.6 Å². The Balaban J connectivity index is 1.32. The summed E-state index contributed by atoms with van der Waals surface area (Å²) in [5.74, 6) is 0.551. The number of nitrogens with zero attached hydrogens (tertiary/aromatic N) is 2. The lowest BCUT2D eigenvalue weighted by molar-refractivity contribution is -0.134. The number of carbonyl (C=O) groups excluding carboxylic acids is 3. The summed E-state index contributed by atoms with van der Waals surface area (Å²) in [5.41, 5.74) is 0. The van der Waals surface area contributed by atoms with E-state index in [1.807, 2.05) is 9.80 Å². The zero-order chi connectivity index (χ0) is 17.6. The first kappa shape index (κ1) is 18.2. The van der Waals surface area contributed by atoms with Crippen LogP contribution >= 0.6 is 0 Å². The Kier molecular flexibility index (Phi) is 6.29. The first-order chi connectivity index (χ1) is 12.1. The second kappa shape index (κ2) is 8.65. The first-order valence-corrected chi connectivity index (χ1v) is 9.70. The van der Waals surface area contributed by atoms with E-state index in [0.717, 1.165) is 12.8 Å². The molecule has 2 saturated carbocycles. The fraction of sp³-hybridized carbons (Fsp3) is 0.833. The van der Waals surface area contributed by atoms with Gasteiger partial charge in [0.2, 0.25) is 11.8 Å². The van der Waals surface area contributed by atoms with E-state index in [-0.39, 0.29) is 24.4 Å². The molecular weight excluding hydrogens is 320 g/mol. The number of carbonyl (C=O) groups is 3. The molecule has 0 aromatic rings. The Bertz CT molecular complexity index is 493. The Labute approximate surface area is 149 Å². The summed E-state index contributed by atoms with van der Waals surface area (Å²) in [6, 6.07) is -0.152. The molecule has 0 radical (unpaired) electrons. The Morgan fingerprint density at radius 3 is 2.20 bits per heavy atom. The Morgan fingerprint density at radius 1 is 0.880 bits per heavy atom. The SMILES string of the molecule is O=C(CN1CCN(C(=O)CC2CCCCC2)CC1)NC(=O)NC1CC1. The van der Waals surface area contributed by atoms with Crippen LogP contribution in [-0.4, -0.2) is 66.4 Å². The molecule has 0 aromatic carbocycles. The van der Waals surface area contributed by atoms with E-state index in [9.17, 15) is 14.4 Å². The van der Waals surface area contributed by atoms with Crippen molar-refractivity contribution in [2.75, 3.05) is 32.7 Å². The van der Waals surface area contributed by atoms with Crippen molar-refractivity contribution in [3.8, 4) is 0 Å². The summed E-state index contributed by atoms with van der Waals surface area (Å²) < 4.78 is 0. The van der Waals surface area contributed by atoms with Gasteiger partial charge >= 0.3 is 6.03 Å². The maximum atomic E-state index is 12.4. The molecular formula is C18H30N4O3. The number of nitrogens with one attached hydrogen (secondary N) is 2. The van der Waals surface area contributed by atoms with E-state index in [2.05, 4.69) is 10.6 Å². The van der Waals surface area contributed by atoms with Crippen LogP contribution in [0.3, 0.4) is 0 Å². The predicted molar refractivity (Wildman–Crippen MR) is 93.9 cm³/mol. The van der Waals surface area contributed by atoms with Crippen LogP contribution in [0.4, 0.5) is 4.79 Å². The van der Waals surface area contributed by atoms with Gasteiger partial charge in [-0.25, -0.2) is 4.79 Å². The second-order valence-corrected chi connectivity index (χ2v) is 7.66. The van der Waals surface area contributed by atoms with Crippen LogP contribution in [0.1, 0.15) is 51.4 Å². The molecule has 2 N–H and O–H groups in total. The normalized spacial score (nSPS) is 22.5. The van der Waals surface area contributed by atoms with Crippen molar-refractivity contribution in [3.05, 3.63) is 0 Å². The molecule has 4 amide bonds. The van der Waals surface area contributed by atoms with E-state index in [1.165, 1.54) is 32.1 Å². The van der Waals surface area contributed by atoms with Crippen LogP contribution in [0.15, 0.2) is 0 Å².